The van der Waals surface area contributed by atoms with Crippen LogP contribution >= 0.6 is 0 Å². The van der Waals surface area contributed by atoms with Crippen LogP contribution in [0, 0.1) is 0 Å². The minimum Gasteiger partial charge on any atom is -0.385 e. The van der Waals surface area contributed by atoms with Crippen LogP contribution in [0.1, 0.15) is 32.6 Å². The number of hydrogen-bond acceptors (Lipinski definition) is 3. The Morgan fingerprint density at radius 1 is 0.933 bits per heavy atom. The van der Waals surface area contributed by atoms with Gasteiger partial charge >= 0.3 is 0 Å². The lowest BCUT2D eigenvalue weighted by molar-refractivity contribution is 0.140. The van der Waals surface area contributed by atoms with E-state index in [4.69, 9.17) is 9.47 Å². The zero-order chi connectivity index (χ0) is 11.4. The van der Waals surface area contributed by atoms with Crippen LogP contribution in [-0.2, 0) is 9.47 Å². The molecule has 0 fully saturated rings. The van der Waals surface area contributed by atoms with Gasteiger partial charge in [-0.3, -0.25) is 0 Å². The molecular formula is C12H27NO2. The molecule has 0 N–H and O–H groups in total. The zero-order valence-corrected chi connectivity index (χ0v) is 10.6. The maximum absolute atomic E-state index is 5.29. The molecule has 0 aromatic heterocycles. The smallest absolute Gasteiger partial charge is 0.0466 e. The lowest BCUT2D eigenvalue weighted by Gasteiger charge is -2.16. The largest absolute Gasteiger partial charge is 0.385 e. The maximum atomic E-state index is 5.29. The van der Waals surface area contributed by atoms with Gasteiger partial charge in [0.1, 0.15) is 0 Å². The molecule has 0 unspecified atom stereocenters. The summed E-state index contributed by atoms with van der Waals surface area (Å²) in [6.45, 7) is 7.04. The Kier molecular flexibility index (Phi) is 11.9. The van der Waals surface area contributed by atoms with Crippen LogP contribution in [0.4, 0.5) is 0 Å². The Morgan fingerprint density at radius 2 is 1.53 bits per heavy atom. The van der Waals surface area contributed by atoms with Gasteiger partial charge in [0, 0.05) is 26.9 Å². The van der Waals surface area contributed by atoms with E-state index in [9.17, 15) is 0 Å². The number of hydrogen-bond donors (Lipinski definition) is 0. The molecule has 15 heavy (non-hydrogen) atoms. The Hall–Kier alpha value is -0.120. The van der Waals surface area contributed by atoms with Crippen molar-refractivity contribution in [3.8, 4) is 0 Å². The predicted molar refractivity (Wildman–Crippen MR) is 64.3 cm³/mol. The van der Waals surface area contributed by atoms with Crippen LogP contribution in [0.15, 0.2) is 0 Å². The average molecular weight is 217 g/mol. The van der Waals surface area contributed by atoms with Crippen molar-refractivity contribution in [3.05, 3.63) is 0 Å². The molecule has 0 aromatic carbocycles. The highest BCUT2D eigenvalue weighted by atomic mass is 16.5. The fourth-order valence-electron chi connectivity index (χ4n) is 1.47. The van der Waals surface area contributed by atoms with Crippen LogP contribution in [-0.4, -0.2) is 52.0 Å². The van der Waals surface area contributed by atoms with Gasteiger partial charge in [0.2, 0.25) is 0 Å². The molecule has 0 spiro atoms. The molecule has 0 atom stereocenters. The molecule has 0 saturated heterocycles. The van der Waals surface area contributed by atoms with E-state index in [0.29, 0.717) is 0 Å². The minimum atomic E-state index is 0.840. The summed E-state index contributed by atoms with van der Waals surface area (Å²) in [5.41, 5.74) is 0. The van der Waals surface area contributed by atoms with Gasteiger partial charge in [-0.05, 0) is 52.7 Å². The van der Waals surface area contributed by atoms with Crippen LogP contribution in [0.5, 0.6) is 0 Å². The average Bonchev–Trinajstić information content (AvgIpc) is 2.24. The SMILES string of the molecule is CCOCCCCN(C)CCCCOC. The second kappa shape index (κ2) is 12.0. The molecule has 0 radical (unpaired) electrons. The van der Waals surface area contributed by atoms with E-state index in [1.54, 1.807) is 7.11 Å². The third-order valence-electron chi connectivity index (χ3n) is 2.42. The first-order chi connectivity index (χ1) is 7.31. The summed E-state index contributed by atoms with van der Waals surface area (Å²) in [6.07, 6.45) is 4.81. The first-order valence-electron chi connectivity index (χ1n) is 6.06. The highest BCUT2D eigenvalue weighted by molar-refractivity contribution is 4.52. The van der Waals surface area contributed by atoms with Gasteiger partial charge in [0.15, 0.2) is 0 Å². The minimum absolute atomic E-state index is 0.840. The number of unbranched alkanes of at least 4 members (excludes halogenated alkanes) is 2. The molecule has 92 valence electrons. The van der Waals surface area contributed by atoms with Crippen molar-refractivity contribution in [1.29, 1.82) is 0 Å². The maximum Gasteiger partial charge on any atom is 0.0466 e. The van der Waals surface area contributed by atoms with Gasteiger partial charge in [-0.15, -0.1) is 0 Å². The van der Waals surface area contributed by atoms with Crippen molar-refractivity contribution in [2.45, 2.75) is 32.6 Å². The van der Waals surface area contributed by atoms with Crippen molar-refractivity contribution < 1.29 is 9.47 Å². The second-order valence-corrected chi connectivity index (χ2v) is 3.91. The Labute approximate surface area is 94.7 Å². The summed E-state index contributed by atoms with van der Waals surface area (Å²) in [6, 6.07) is 0. The highest BCUT2D eigenvalue weighted by Crippen LogP contribution is 1.97. The van der Waals surface area contributed by atoms with Crippen molar-refractivity contribution in [3.63, 3.8) is 0 Å². The topological polar surface area (TPSA) is 21.7 Å². The molecule has 0 aliphatic heterocycles. The van der Waals surface area contributed by atoms with Gasteiger partial charge in [-0.25, -0.2) is 0 Å². The highest BCUT2D eigenvalue weighted by Gasteiger charge is 1.97. The van der Waals surface area contributed by atoms with Crippen molar-refractivity contribution in [1.82, 2.24) is 4.90 Å². The third-order valence-corrected chi connectivity index (χ3v) is 2.42. The van der Waals surface area contributed by atoms with Crippen molar-refractivity contribution in [2.24, 2.45) is 0 Å². The van der Waals surface area contributed by atoms with E-state index in [0.717, 1.165) is 19.8 Å². The molecule has 3 heteroatoms. The van der Waals surface area contributed by atoms with E-state index < -0.39 is 0 Å². The summed E-state index contributed by atoms with van der Waals surface area (Å²) in [4.78, 5) is 2.39. The Bertz CT molecular complexity index is 120. The Morgan fingerprint density at radius 3 is 2.07 bits per heavy atom. The number of nitrogens with zero attached hydrogens (tertiary/aromatic N) is 1. The van der Waals surface area contributed by atoms with Gasteiger partial charge in [0.05, 0.1) is 0 Å². The molecule has 0 amide bonds. The number of methoxy groups -OCH3 is 1. The van der Waals surface area contributed by atoms with Crippen LogP contribution in [0.3, 0.4) is 0 Å². The summed E-state index contributed by atoms with van der Waals surface area (Å²) < 4.78 is 10.3. The van der Waals surface area contributed by atoms with Crippen LogP contribution in [0.2, 0.25) is 0 Å². The molecule has 0 saturated carbocycles. The fraction of sp³-hybridized carbons (Fsp3) is 1.00. The third kappa shape index (κ3) is 11.8. The first kappa shape index (κ1) is 14.9. The van der Waals surface area contributed by atoms with Crippen molar-refractivity contribution >= 4 is 0 Å². The van der Waals surface area contributed by atoms with E-state index in [1.807, 2.05) is 6.92 Å². The summed E-state index contributed by atoms with van der Waals surface area (Å²) in [5.74, 6) is 0. The van der Waals surface area contributed by atoms with Crippen LogP contribution < -0.4 is 0 Å². The summed E-state index contributed by atoms with van der Waals surface area (Å²) in [5, 5.41) is 0. The van der Waals surface area contributed by atoms with Gasteiger partial charge < -0.3 is 14.4 Å². The quantitative estimate of drug-likeness (QED) is 0.495. The molecule has 0 bridgehead atoms. The Balaban J connectivity index is 3.08. The molecule has 0 aliphatic rings. The molecule has 0 heterocycles. The molecule has 0 rings (SSSR count). The van der Waals surface area contributed by atoms with E-state index in [-0.39, 0.29) is 0 Å². The normalized spacial score (nSPS) is 11.2. The lowest BCUT2D eigenvalue weighted by Crippen LogP contribution is -2.21. The number of rotatable bonds is 11. The molecule has 0 aromatic rings. The number of ether oxygens (including phenoxy) is 2. The van der Waals surface area contributed by atoms with E-state index in [2.05, 4.69) is 11.9 Å². The van der Waals surface area contributed by atoms with Crippen LogP contribution in [0.25, 0.3) is 0 Å². The standard InChI is InChI=1S/C12H27NO2/c1-4-15-12-8-6-10-13(2)9-5-7-11-14-3/h4-12H2,1-3H3. The summed E-state index contributed by atoms with van der Waals surface area (Å²) in [7, 11) is 3.95. The first-order valence-corrected chi connectivity index (χ1v) is 6.06. The van der Waals surface area contributed by atoms with E-state index in [1.165, 1.54) is 38.8 Å². The van der Waals surface area contributed by atoms with E-state index >= 15 is 0 Å². The van der Waals surface area contributed by atoms with Gasteiger partial charge in [0.25, 0.3) is 0 Å². The van der Waals surface area contributed by atoms with Gasteiger partial charge in [-0.2, -0.15) is 0 Å². The van der Waals surface area contributed by atoms with Gasteiger partial charge in [-0.1, -0.05) is 0 Å². The van der Waals surface area contributed by atoms with Crippen molar-refractivity contribution in [2.75, 3.05) is 47.1 Å². The molecular weight excluding hydrogens is 190 g/mol. The lowest BCUT2D eigenvalue weighted by atomic mass is 10.2. The summed E-state index contributed by atoms with van der Waals surface area (Å²) >= 11 is 0. The zero-order valence-electron chi connectivity index (χ0n) is 10.6. The second-order valence-electron chi connectivity index (χ2n) is 3.91. The predicted octanol–water partition coefficient (Wildman–Crippen LogP) is 2.16. The fourth-order valence-corrected chi connectivity index (χ4v) is 1.47. The monoisotopic (exact) mass is 217 g/mol. The molecule has 0 aliphatic carbocycles. The molecule has 3 nitrogen and oxygen atoms in total.